The maximum Gasteiger partial charge on any atom is 0.258 e. The third kappa shape index (κ3) is 2.21. The molecular formula is C13H8ClFN4O. The Bertz CT molecular complexity index is 849. The number of fused-ring (bicyclic) bond motifs is 1. The van der Waals surface area contributed by atoms with E-state index in [1.165, 1.54) is 30.7 Å². The van der Waals surface area contributed by atoms with Crippen molar-refractivity contribution < 1.29 is 4.39 Å². The first-order chi connectivity index (χ1) is 9.65. The molecule has 5 nitrogen and oxygen atoms in total. The monoisotopic (exact) mass is 290 g/mol. The Morgan fingerprint density at radius 3 is 2.90 bits per heavy atom. The van der Waals surface area contributed by atoms with E-state index < -0.39 is 5.82 Å². The summed E-state index contributed by atoms with van der Waals surface area (Å²) in [5, 5.41) is 3.38. The zero-order chi connectivity index (χ0) is 14.1. The number of anilines is 2. The average molecular weight is 291 g/mol. The molecule has 0 aliphatic heterocycles. The molecule has 7 heteroatoms. The molecule has 20 heavy (non-hydrogen) atoms. The van der Waals surface area contributed by atoms with Crippen molar-refractivity contribution in [1.29, 1.82) is 0 Å². The summed E-state index contributed by atoms with van der Waals surface area (Å²) in [4.78, 5) is 22.4. The molecule has 0 saturated heterocycles. The van der Waals surface area contributed by atoms with Crippen LogP contribution >= 0.6 is 11.6 Å². The largest absolute Gasteiger partial charge is 0.338 e. The van der Waals surface area contributed by atoms with Crippen molar-refractivity contribution in [3.8, 4) is 0 Å². The van der Waals surface area contributed by atoms with Crippen LogP contribution in [0.4, 0.5) is 15.9 Å². The molecule has 0 unspecified atom stereocenters. The molecule has 0 aliphatic rings. The number of pyridine rings is 1. The van der Waals surface area contributed by atoms with Gasteiger partial charge in [-0.05, 0) is 24.3 Å². The Kier molecular flexibility index (Phi) is 3.08. The van der Waals surface area contributed by atoms with Crippen molar-refractivity contribution in [1.82, 2.24) is 15.0 Å². The van der Waals surface area contributed by atoms with Crippen LogP contribution in [0.25, 0.3) is 10.9 Å². The highest BCUT2D eigenvalue weighted by Crippen LogP contribution is 2.24. The number of aromatic nitrogens is 3. The Morgan fingerprint density at radius 2 is 2.10 bits per heavy atom. The van der Waals surface area contributed by atoms with Crippen molar-refractivity contribution in [3.05, 3.63) is 58.0 Å². The van der Waals surface area contributed by atoms with E-state index in [-0.39, 0.29) is 10.6 Å². The van der Waals surface area contributed by atoms with Gasteiger partial charge in [-0.2, -0.15) is 0 Å². The minimum atomic E-state index is -0.502. The van der Waals surface area contributed by atoms with Crippen molar-refractivity contribution in [2.75, 3.05) is 5.32 Å². The molecule has 0 fully saturated rings. The lowest BCUT2D eigenvalue weighted by Gasteiger charge is -2.08. The minimum Gasteiger partial charge on any atom is -0.338 e. The summed E-state index contributed by atoms with van der Waals surface area (Å²) in [5.74, 6) is -0.103. The van der Waals surface area contributed by atoms with E-state index in [0.717, 1.165) is 0 Å². The topological polar surface area (TPSA) is 70.7 Å². The van der Waals surface area contributed by atoms with Crippen molar-refractivity contribution in [2.24, 2.45) is 0 Å². The zero-order valence-electron chi connectivity index (χ0n) is 10.0. The third-order valence-electron chi connectivity index (χ3n) is 2.74. The number of hydrogen-bond donors (Lipinski definition) is 2. The molecule has 0 saturated carbocycles. The molecule has 0 radical (unpaired) electrons. The summed E-state index contributed by atoms with van der Waals surface area (Å²) in [6.45, 7) is 0. The van der Waals surface area contributed by atoms with Crippen LogP contribution in [0, 0.1) is 5.82 Å². The Balaban J connectivity index is 2.09. The highest BCUT2D eigenvalue weighted by Gasteiger charge is 2.08. The van der Waals surface area contributed by atoms with Crippen LogP contribution in [0.2, 0.25) is 5.02 Å². The summed E-state index contributed by atoms with van der Waals surface area (Å²) in [5.41, 5.74) is 0.729. The molecular weight excluding hydrogens is 283 g/mol. The van der Waals surface area contributed by atoms with Crippen molar-refractivity contribution >= 4 is 34.0 Å². The molecule has 0 bridgehead atoms. The van der Waals surface area contributed by atoms with Gasteiger partial charge in [0.05, 0.1) is 16.7 Å². The molecule has 2 aromatic heterocycles. The second-order valence-electron chi connectivity index (χ2n) is 4.04. The predicted octanol–water partition coefficient (Wildman–Crippen LogP) is 2.85. The number of H-pyrrole nitrogens is 1. The molecule has 0 atom stereocenters. The van der Waals surface area contributed by atoms with E-state index in [9.17, 15) is 9.18 Å². The normalized spacial score (nSPS) is 10.7. The summed E-state index contributed by atoms with van der Waals surface area (Å²) < 4.78 is 13.1. The van der Waals surface area contributed by atoms with Gasteiger partial charge in [-0.25, -0.2) is 14.4 Å². The smallest absolute Gasteiger partial charge is 0.258 e. The Morgan fingerprint density at radius 1 is 1.25 bits per heavy atom. The number of rotatable bonds is 2. The molecule has 1 aromatic carbocycles. The van der Waals surface area contributed by atoms with Crippen LogP contribution in [-0.4, -0.2) is 15.0 Å². The first kappa shape index (κ1) is 12.6. The third-order valence-corrected chi connectivity index (χ3v) is 3.03. The number of halogens is 2. The zero-order valence-corrected chi connectivity index (χ0v) is 10.8. The van der Waals surface area contributed by atoms with Gasteiger partial charge in [0.25, 0.3) is 5.56 Å². The van der Waals surface area contributed by atoms with E-state index in [1.54, 1.807) is 6.07 Å². The lowest BCUT2D eigenvalue weighted by atomic mass is 10.2. The molecule has 3 rings (SSSR count). The summed E-state index contributed by atoms with van der Waals surface area (Å²) in [6.07, 6.45) is 2.79. The fourth-order valence-electron chi connectivity index (χ4n) is 1.80. The number of benzene rings is 1. The average Bonchev–Trinajstić information content (AvgIpc) is 2.44. The van der Waals surface area contributed by atoms with E-state index in [0.29, 0.717) is 22.4 Å². The van der Waals surface area contributed by atoms with Gasteiger partial charge in [0.15, 0.2) is 5.82 Å². The summed E-state index contributed by atoms with van der Waals surface area (Å²) in [7, 11) is 0. The van der Waals surface area contributed by atoms with Crippen LogP contribution in [-0.2, 0) is 0 Å². The number of hydrogen-bond acceptors (Lipinski definition) is 4. The van der Waals surface area contributed by atoms with Gasteiger partial charge in [-0.3, -0.25) is 4.79 Å². The highest BCUT2D eigenvalue weighted by molar-refractivity contribution is 6.31. The van der Waals surface area contributed by atoms with Crippen LogP contribution in [0.5, 0.6) is 0 Å². The fraction of sp³-hybridized carbons (Fsp3) is 0. The minimum absolute atomic E-state index is 0.000966. The van der Waals surface area contributed by atoms with Gasteiger partial charge in [0, 0.05) is 11.9 Å². The Labute approximate surface area is 117 Å². The molecule has 0 aliphatic carbocycles. The van der Waals surface area contributed by atoms with Gasteiger partial charge >= 0.3 is 0 Å². The number of nitrogens with zero attached hydrogens (tertiary/aromatic N) is 2. The molecule has 0 amide bonds. The van der Waals surface area contributed by atoms with Crippen LogP contribution in [0.1, 0.15) is 0 Å². The molecule has 3 aromatic rings. The maximum absolute atomic E-state index is 13.1. The standard InChI is InChI=1S/C13H8ClFN4O/c14-9-5-7(1-2-10(9)15)19-12-11-8(3-4-16-12)13(20)18-6-17-11/h1-6H,(H,16,19)(H,17,18,20). The maximum atomic E-state index is 13.1. The molecule has 0 spiro atoms. The molecule has 2 heterocycles. The lowest BCUT2D eigenvalue weighted by Crippen LogP contribution is -2.08. The van der Waals surface area contributed by atoms with Crippen molar-refractivity contribution in [3.63, 3.8) is 0 Å². The quantitative estimate of drug-likeness (QED) is 0.761. The fourth-order valence-corrected chi connectivity index (χ4v) is 1.98. The summed E-state index contributed by atoms with van der Waals surface area (Å²) >= 11 is 5.72. The van der Waals surface area contributed by atoms with Gasteiger partial charge in [-0.15, -0.1) is 0 Å². The molecule has 2 N–H and O–H groups in total. The second kappa shape index (κ2) is 4.90. The number of nitrogens with one attached hydrogen (secondary N) is 2. The predicted molar refractivity (Wildman–Crippen MR) is 74.9 cm³/mol. The van der Waals surface area contributed by atoms with Gasteiger partial charge in [0.2, 0.25) is 0 Å². The Hall–Kier alpha value is -2.47. The highest BCUT2D eigenvalue weighted by atomic mass is 35.5. The van der Waals surface area contributed by atoms with Crippen molar-refractivity contribution in [2.45, 2.75) is 0 Å². The second-order valence-corrected chi connectivity index (χ2v) is 4.45. The van der Waals surface area contributed by atoms with Crippen LogP contribution in [0.15, 0.2) is 41.6 Å². The van der Waals surface area contributed by atoms with Gasteiger partial charge in [0.1, 0.15) is 11.3 Å². The summed E-state index contributed by atoms with van der Waals surface area (Å²) in [6, 6.07) is 5.78. The van der Waals surface area contributed by atoms with E-state index in [2.05, 4.69) is 20.3 Å². The van der Waals surface area contributed by atoms with Gasteiger partial charge < -0.3 is 10.3 Å². The first-order valence-corrected chi connectivity index (χ1v) is 6.07. The van der Waals surface area contributed by atoms with Gasteiger partial charge in [-0.1, -0.05) is 11.6 Å². The van der Waals surface area contributed by atoms with E-state index >= 15 is 0 Å². The van der Waals surface area contributed by atoms with Crippen LogP contribution in [0.3, 0.4) is 0 Å². The first-order valence-electron chi connectivity index (χ1n) is 5.69. The van der Waals surface area contributed by atoms with E-state index in [4.69, 9.17) is 11.6 Å². The lowest BCUT2D eigenvalue weighted by molar-refractivity contribution is 0.628. The van der Waals surface area contributed by atoms with Crippen LogP contribution < -0.4 is 10.9 Å². The van der Waals surface area contributed by atoms with E-state index in [1.807, 2.05) is 0 Å². The number of aromatic amines is 1. The molecule has 100 valence electrons. The SMILES string of the molecule is O=c1[nH]cnc2c(Nc3ccc(F)c(Cl)c3)nccc12.